The van der Waals surface area contributed by atoms with Gasteiger partial charge in [-0.05, 0) is 20.4 Å². The molecule has 0 aliphatic rings. The molecule has 1 unspecified atom stereocenters. The van der Waals surface area contributed by atoms with Crippen LogP contribution < -0.4 is 5.32 Å². The van der Waals surface area contributed by atoms with E-state index >= 15 is 0 Å². The number of hydrogen-bond acceptors (Lipinski definition) is 3. The fourth-order valence-corrected chi connectivity index (χ4v) is 1.11. The molecule has 0 amide bonds. The van der Waals surface area contributed by atoms with Crippen LogP contribution in [-0.2, 0) is 9.47 Å². The summed E-state index contributed by atoms with van der Waals surface area (Å²) < 4.78 is 10.9. The first kappa shape index (κ1) is 12.6. The lowest BCUT2D eigenvalue weighted by atomic mass is 10.3. The van der Waals surface area contributed by atoms with Gasteiger partial charge in [0.2, 0.25) is 0 Å². The van der Waals surface area contributed by atoms with Gasteiger partial charge in [-0.25, -0.2) is 0 Å². The second-order valence-corrected chi connectivity index (χ2v) is 2.60. The van der Waals surface area contributed by atoms with Gasteiger partial charge in [0.1, 0.15) is 0 Å². The van der Waals surface area contributed by atoms with Crippen molar-refractivity contribution >= 4 is 0 Å². The molecule has 0 saturated carbocycles. The third kappa shape index (κ3) is 5.03. The molecular formula is C10H21NO2. The quantitative estimate of drug-likeness (QED) is 0.462. The van der Waals surface area contributed by atoms with E-state index in [2.05, 4.69) is 11.9 Å². The maximum atomic E-state index is 5.43. The van der Waals surface area contributed by atoms with Crippen molar-refractivity contribution in [2.75, 3.05) is 19.8 Å². The summed E-state index contributed by atoms with van der Waals surface area (Å²) in [5.41, 5.74) is 0. The SMILES string of the molecule is C=CC(NCC)C(OCC)OCC. The third-order valence-electron chi connectivity index (χ3n) is 1.65. The number of nitrogens with one attached hydrogen (secondary N) is 1. The topological polar surface area (TPSA) is 30.5 Å². The zero-order valence-corrected chi connectivity index (χ0v) is 8.88. The Balaban J connectivity index is 4.02. The van der Waals surface area contributed by atoms with Crippen LogP contribution in [-0.4, -0.2) is 32.1 Å². The number of likely N-dealkylation sites (N-methyl/N-ethyl adjacent to an activating group) is 1. The average Bonchev–Trinajstić information content (AvgIpc) is 2.14. The second kappa shape index (κ2) is 8.23. The molecule has 0 heterocycles. The van der Waals surface area contributed by atoms with E-state index in [1.165, 1.54) is 0 Å². The van der Waals surface area contributed by atoms with Crippen LogP contribution >= 0.6 is 0 Å². The Morgan fingerprint density at radius 1 is 1.23 bits per heavy atom. The molecule has 0 spiro atoms. The van der Waals surface area contributed by atoms with Crippen LogP contribution in [0.3, 0.4) is 0 Å². The van der Waals surface area contributed by atoms with Gasteiger partial charge in [0.25, 0.3) is 0 Å². The van der Waals surface area contributed by atoms with Gasteiger partial charge in [0, 0.05) is 13.2 Å². The van der Waals surface area contributed by atoms with E-state index in [9.17, 15) is 0 Å². The molecule has 0 aromatic carbocycles. The van der Waals surface area contributed by atoms with Crippen LogP contribution in [0.2, 0.25) is 0 Å². The maximum absolute atomic E-state index is 5.43. The summed E-state index contributed by atoms with van der Waals surface area (Å²) in [7, 11) is 0. The van der Waals surface area contributed by atoms with Crippen LogP contribution in [0, 0.1) is 0 Å². The fraction of sp³-hybridized carbons (Fsp3) is 0.800. The minimum atomic E-state index is -0.215. The van der Waals surface area contributed by atoms with Crippen molar-refractivity contribution < 1.29 is 9.47 Å². The lowest BCUT2D eigenvalue weighted by Crippen LogP contribution is -2.41. The van der Waals surface area contributed by atoms with Crippen LogP contribution in [0.1, 0.15) is 20.8 Å². The summed E-state index contributed by atoms with van der Waals surface area (Å²) in [6.45, 7) is 11.9. The van der Waals surface area contributed by atoms with Crippen molar-refractivity contribution in [3.8, 4) is 0 Å². The predicted molar refractivity (Wildman–Crippen MR) is 54.7 cm³/mol. The van der Waals surface area contributed by atoms with E-state index in [0.29, 0.717) is 13.2 Å². The van der Waals surface area contributed by atoms with Gasteiger partial charge in [0.05, 0.1) is 6.04 Å². The summed E-state index contributed by atoms with van der Waals surface area (Å²) in [5, 5.41) is 3.23. The highest BCUT2D eigenvalue weighted by molar-refractivity contribution is 4.88. The van der Waals surface area contributed by atoms with E-state index in [1.807, 2.05) is 26.8 Å². The van der Waals surface area contributed by atoms with Crippen LogP contribution in [0.4, 0.5) is 0 Å². The lowest BCUT2D eigenvalue weighted by molar-refractivity contribution is -0.145. The largest absolute Gasteiger partial charge is 0.351 e. The average molecular weight is 187 g/mol. The second-order valence-electron chi connectivity index (χ2n) is 2.60. The molecule has 0 aliphatic heterocycles. The molecule has 0 radical (unpaired) electrons. The van der Waals surface area contributed by atoms with Gasteiger partial charge in [-0.3, -0.25) is 0 Å². The summed E-state index contributed by atoms with van der Waals surface area (Å²) >= 11 is 0. The van der Waals surface area contributed by atoms with Crippen molar-refractivity contribution in [1.82, 2.24) is 5.32 Å². The molecule has 3 nitrogen and oxygen atoms in total. The van der Waals surface area contributed by atoms with E-state index in [1.54, 1.807) is 0 Å². The minimum Gasteiger partial charge on any atom is -0.351 e. The van der Waals surface area contributed by atoms with Crippen molar-refractivity contribution in [2.24, 2.45) is 0 Å². The van der Waals surface area contributed by atoms with Crippen molar-refractivity contribution in [3.05, 3.63) is 12.7 Å². The summed E-state index contributed by atoms with van der Waals surface area (Å²) in [6, 6.07) is 0.0740. The Bertz CT molecular complexity index is 122. The van der Waals surface area contributed by atoms with Gasteiger partial charge in [-0.15, -0.1) is 6.58 Å². The highest BCUT2D eigenvalue weighted by atomic mass is 16.7. The third-order valence-corrected chi connectivity index (χ3v) is 1.65. The number of ether oxygens (including phenoxy) is 2. The number of rotatable bonds is 8. The van der Waals surface area contributed by atoms with Crippen molar-refractivity contribution in [2.45, 2.75) is 33.1 Å². The summed E-state index contributed by atoms with van der Waals surface area (Å²) in [5.74, 6) is 0. The summed E-state index contributed by atoms with van der Waals surface area (Å²) in [6.07, 6.45) is 1.60. The fourth-order valence-electron chi connectivity index (χ4n) is 1.11. The summed E-state index contributed by atoms with van der Waals surface area (Å²) in [4.78, 5) is 0. The zero-order chi connectivity index (χ0) is 10.1. The lowest BCUT2D eigenvalue weighted by Gasteiger charge is -2.24. The molecule has 1 N–H and O–H groups in total. The molecule has 0 bridgehead atoms. The molecule has 0 aromatic heterocycles. The maximum Gasteiger partial charge on any atom is 0.176 e. The number of hydrogen-bond donors (Lipinski definition) is 1. The Kier molecular flexibility index (Phi) is 7.99. The molecule has 0 aromatic rings. The Labute approximate surface area is 81.1 Å². The highest BCUT2D eigenvalue weighted by Crippen LogP contribution is 2.03. The van der Waals surface area contributed by atoms with Crippen LogP contribution in [0.5, 0.6) is 0 Å². The molecule has 1 atom stereocenters. The Hall–Kier alpha value is -0.380. The van der Waals surface area contributed by atoms with Gasteiger partial charge >= 0.3 is 0 Å². The molecule has 0 fully saturated rings. The molecule has 78 valence electrons. The van der Waals surface area contributed by atoms with Crippen LogP contribution in [0.25, 0.3) is 0 Å². The van der Waals surface area contributed by atoms with Gasteiger partial charge in [-0.2, -0.15) is 0 Å². The Morgan fingerprint density at radius 3 is 2.08 bits per heavy atom. The van der Waals surface area contributed by atoms with E-state index in [0.717, 1.165) is 6.54 Å². The molecule has 3 heteroatoms. The van der Waals surface area contributed by atoms with E-state index in [4.69, 9.17) is 9.47 Å². The van der Waals surface area contributed by atoms with Gasteiger partial charge in [0.15, 0.2) is 6.29 Å². The monoisotopic (exact) mass is 187 g/mol. The standard InChI is InChI=1S/C10H21NO2/c1-5-9(11-6-2)10(12-7-3)13-8-4/h5,9-11H,1,6-8H2,2-4H3. The smallest absolute Gasteiger partial charge is 0.176 e. The first-order valence-corrected chi connectivity index (χ1v) is 4.89. The highest BCUT2D eigenvalue weighted by Gasteiger charge is 2.17. The van der Waals surface area contributed by atoms with E-state index < -0.39 is 0 Å². The first-order chi connectivity index (χ1) is 6.29. The normalized spacial score (nSPS) is 13.2. The van der Waals surface area contributed by atoms with E-state index in [-0.39, 0.29) is 12.3 Å². The minimum absolute atomic E-state index is 0.0740. The predicted octanol–water partition coefficient (Wildman–Crippen LogP) is 1.55. The molecule has 0 rings (SSSR count). The Morgan fingerprint density at radius 2 is 1.77 bits per heavy atom. The van der Waals surface area contributed by atoms with Gasteiger partial charge < -0.3 is 14.8 Å². The molecular weight excluding hydrogens is 166 g/mol. The molecule has 0 aliphatic carbocycles. The van der Waals surface area contributed by atoms with Gasteiger partial charge in [-0.1, -0.05) is 13.0 Å². The zero-order valence-electron chi connectivity index (χ0n) is 8.88. The van der Waals surface area contributed by atoms with Crippen molar-refractivity contribution in [3.63, 3.8) is 0 Å². The van der Waals surface area contributed by atoms with Crippen molar-refractivity contribution in [1.29, 1.82) is 0 Å². The molecule has 13 heavy (non-hydrogen) atoms. The van der Waals surface area contributed by atoms with Crippen LogP contribution in [0.15, 0.2) is 12.7 Å². The first-order valence-electron chi connectivity index (χ1n) is 4.89. The molecule has 0 saturated heterocycles.